The second-order valence-electron chi connectivity index (χ2n) is 7.18. The highest BCUT2D eigenvalue weighted by Crippen LogP contribution is 2.27. The third kappa shape index (κ3) is 8.13. The molecule has 0 spiro atoms. The molecule has 34 heavy (non-hydrogen) atoms. The Bertz CT molecular complexity index is 1100. The maximum atomic E-state index is 12.7. The highest BCUT2D eigenvalue weighted by molar-refractivity contribution is 9.10. The number of hydrogen-bond donors (Lipinski definition) is 2. The molecule has 1 amide bonds. The molecule has 0 aromatic heterocycles. The van der Waals surface area contributed by atoms with Gasteiger partial charge in [0.15, 0.2) is 5.11 Å². The standard InChI is InChI=1S/C26H27BrN2O4S/c1-2-31-16-17-33-24-11-7-6-10-22(24)28-26(34)29-25(30)20-12-13-23(21(27)18-20)32-15-14-19-8-4-3-5-9-19/h3-13,18H,2,14-17H2,1H3,(H2,28,29,30,34). The monoisotopic (exact) mass is 542 g/mol. The summed E-state index contributed by atoms with van der Waals surface area (Å²) in [5, 5.41) is 5.89. The summed E-state index contributed by atoms with van der Waals surface area (Å²) in [6, 6.07) is 22.7. The smallest absolute Gasteiger partial charge is 0.257 e. The predicted octanol–water partition coefficient (Wildman–Crippen LogP) is 5.61. The van der Waals surface area contributed by atoms with Gasteiger partial charge in [-0.1, -0.05) is 42.5 Å². The van der Waals surface area contributed by atoms with Crippen LogP contribution in [0.25, 0.3) is 0 Å². The summed E-state index contributed by atoms with van der Waals surface area (Å²) in [7, 11) is 0. The van der Waals surface area contributed by atoms with Crippen molar-refractivity contribution >= 4 is 44.9 Å². The molecule has 0 bridgehead atoms. The molecule has 8 heteroatoms. The molecule has 0 fully saturated rings. The van der Waals surface area contributed by atoms with Gasteiger partial charge < -0.3 is 19.5 Å². The normalized spacial score (nSPS) is 10.4. The van der Waals surface area contributed by atoms with Crippen molar-refractivity contribution in [2.75, 3.05) is 31.7 Å². The van der Waals surface area contributed by atoms with Crippen molar-refractivity contribution in [2.45, 2.75) is 13.3 Å². The summed E-state index contributed by atoms with van der Waals surface area (Å²) >= 11 is 8.82. The molecule has 178 valence electrons. The van der Waals surface area contributed by atoms with Crippen LogP contribution in [-0.2, 0) is 11.2 Å². The largest absolute Gasteiger partial charge is 0.492 e. The van der Waals surface area contributed by atoms with Gasteiger partial charge in [-0.3, -0.25) is 10.1 Å². The topological polar surface area (TPSA) is 68.8 Å². The molecule has 0 saturated carbocycles. The molecule has 2 N–H and O–H groups in total. The number of carbonyl (C=O) groups excluding carboxylic acids is 1. The Morgan fingerprint density at radius 1 is 0.912 bits per heavy atom. The summed E-state index contributed by atoms with van der Waals surface area (Å²) in [6.45, 7) is 4.01. The van der Waals surface area contributed by atoms with Crippen LogP contribution in [-0.4, -0.2) is 37.4 Å². The van der Waals surface area contributed by atoms with Crippen LogP contribution in [0.2, 0.25) is 0 Å². The van der Waals surface area contributed by atoms with E-state index in [1.165, 1.54) is 5.56 Å². The van der Waals surface area contributed by atoms with Crippen molar-refractivity contribution in [3.63, 3.8) is 0 Å². The minimum Gasteiger partial charge on any atom is -0.492 e. The van der Waals surface area contributed by atoms with Crippen LogP contribution < -0.4 is 20.1 Å². The minimum atomic E-state index is -0.330. The van der Waals surface area contributed by atoms with Crippen LogP contribution >= 0.6 is 28.1 Å². The Hall–Kier alpha value is -2.94. The van der Waals surface area contributed by atoms with Crippen LogP contribution in [0.1, 0.15) is 22.8 Å². The highest BCUT2D eigenvalue weighted by Gasteiger charge is 2.12. The van der Waals surface area contributed by atoms with Gasteiger partial charge >= 0.3 is 0 Å². The van der Waals surface area contributed by atoms with E-state index in [9.17, 15) is 4.79 Å². The van der Waals surface area contributed by atoms with Crippen LogP contribution in [0.3, 0.4) is 0 Å². The molecule has 0 heterocycles. The van der Waals surface area contributed by atoms with E-state index in [2.05, 4.69) is 38.7 Å². The number of benzene rings is 3. The van der Waals surface area contributed by atoms with Crippen molar-refractivity contribution in [1.82, 2.24) is 5.32 Å². The van der Waals surface area contributed by atoms with E-state index in [-0.39, 0.29) is 11.0 Å². The number of thiocarbonyl (C=S) groups is 1. The van der Waals surface area contributed by atoms with E-state index < -0.39 is 0 Å². The molecule has 0 aliphatic carbocycles. The van der Waals surface area contributed by atoms with Gasteiger partial charge in [-0.25, -0.2) is 0 Å². The zero-order valence-corrected chi connectivity index (χ0v) is 21.3. The fourth-order valence-corrected chi connectivity index (χ4v) is 3.76. The predicted molar refractivity (Wildman–Crippen MR) is 142 cm³/mol. The summed E-state index contributed by atoms with van der Waals surface area (Å²) in [5.74, 6) is 0.966. The first-order valence-corrected chi connectivity index (χ1v) is 12.1. The molecule has 3 rings (SSSR count). The van der Waals surface area contributed by atoms with Crippen molar-refractivity contribution in [3.8, 4) is 11.5 Å². The first-order chi connectivity index (χ1) is 16.6. The van der Waals surface area contributed by atoms with Crippen molar-refractivity contribution in [1.29, 1.82) is 0 Å². The molecular weight excluding hydrogens is 516 g/mol. The molecule has 6 nitrogen and oxygen atoms in total. The van der Waals surface area contributed by atoms with E-state index >= 15 is 0 Å². The number of hydrogen-bond acceptors (Lipinski definition) is 5. The average molecular weight is 543 g/mol. The number of halogens is 1. The Morgan fingerprint density at radius 3 is 2.41 bits per heavy atom. The molecule has 3 aromatic carbocycles. The Morgan fingerprint density at radius 2 is 1.65 bits per heavy atom. The zero-order valence-electron chi connectivity index (χ0n) is 18.9. The van der Waals surface area contributed by atoms with Gasteiger partial charge in [0.05, 0.1) is 23.4 Å². The fraction of sp³-hybridized carbons (Fsp3) is 0.231. The molecular formula is C26H27BrN2O4S. The molecule has 3 aromatic rings. The maximum Gasteiger partial charge on any atom is 0.257 e. The second kappa shape index (κ2) is 13.7. The third-order valence-corrected chi connectivity index (χ3v) is 5.56. The van der Waals surface area contributed by atoms with E-state index in [0.717, 1.165) is 6.42 Å². The summed E-state index contributed by atoms with van der Waals surface area (Å²) < 4.78 is 17.6. The second-order valence-corrected chi connectivity index (χ2v) is 8.44. The first kappa shape index (κ1) is 25.7. The quantitative estimate of drug-likeness (QED) is 0.242. The Balaban J connectivity index is 1.52. The molecule has 0 aliphatic heterocycles. The van der Waals surface area contributed by atoms with E-state index in [0.29, 0.717) is 53.7 Å². The van der Waals surface area contributed by atoms with Crippen LogP contribution in [0.15, 0.2) is 77.3 Å². The van der Waals surface area contributed by atoms with Crippen molar-refractivity contribution < 1.29 is 19.0 Å². The highest BCUT2D eigenvalue weighted by atomic mass is 79.9. The van der Waals surface area contributed by atoms with E-state index in [4.69, 9.17) is 26.4 Å². The molecule has 0 atom stereocenters. The number of anilines is 1. The lowest BCUT2D eigenvalue weighted by atomic mass is 10.2. The Kier molecular flexibility index (Phi) is 10.3. The summed E-state index contributed by atoms with van der Waals surface area (Å²) in [5.41, 5.74) is 2.32. The van der Waals surface area contributed by atoms with Crippen molar-refractivity contribution in [2.24, 2.45) is 0 Å². The maximum absolute atomic E-state index is 12.7. The lowest BCUT2D eigenvalue weighted by Gasteiger charge is -2.15. The van der Waals surface area contributed by atoms with Crippen molar-refractivity contribution in [3.05, 3.63) is 88.4 Å². The SMILES string of the molecule is CCOCCOc1ccccc1NC(=S)NC(=O)c1ccc(OCCc2ccccc2)c(Br)c1. The van der Waals surface area contributed by atoms with Gasteiger partial charge in [0.1, 0.15) is 18.1 Å². The van der Waals surface area contributed by atoms with Gasteiger partial charge in [0.25, 0.3) is 5.91 Å². The van der Waals surface area contributed by atoms with Gasteiger partial charge in [0, 0.05) is 18.6 Å². The van der Waals surface area contributed by atoms with E-state index in [1.54, 1.807) is 18.2 Å². The number of ether oxygens (including phenoxy) is 3. The van der Waals surface area contributed by atoms with E-state index in [1.807, 2.05) is 49.4 Å². The van der Waals surface area contributed by atoms with Crippen LogP contribution in [0.5, 0.6) is 11.5 Å². The molecule has 0 unspecified atom stereocenters. The minimum absolute atomic E-state index is 0.171. The average Bonchev–Trinajstić information content (AvgIpc) is 2.84. The lowest BCUT2D eigenvalue weighted by Crippen LogP contribution is -2.34. The van der Waals surface area contributed by atoms with Gasteiger partial charge in [0.2, 0.25) is 0 Å². The van der Waals surface area contributed by atoms with Gasteiger partial charge in [-0.05, 0) is 71.0 Å². The zero-order chi connectivity index (χ0) is 24.2. The summed E-state index contributed by atoms with van der Waals surface area (Å²) in [6.07, 6.45) is 0.798. The van der Waals surface area contributed by atoms with Crippen LogP contribution in [0, 0.1) is 0 Å². The fourth-order valence-electron chi connectivity index (χ4n) is 3.06. The molecule has 0 radical (unpaired) electrons. The van der Waals surface area contributed by atoms with Crippen LogP contribution in [0.4, 0.5) is 5.69 Å². The first-order valence-electron chi connectivity index (χ1n) is 10.9. The van der Waals surface area contributed by atoms with Gasteiger partial charge in [-0.15, -0.1) is 0 Å². The third-order valence-electron chi connectivity index (χ3n) is 4.74. The number of carbonyl (C=O) groups is 1. The Labute approximate surface area is 213 Å². The number of amides is 1. The number of para-hydroxylation sites is 2. The molecule has 0 aliphatic rings. The molecule has 0 saturated heterocycles. The number of rotatable bonds is 11. The summed E-state index contributed by atoms with van der Waals surface area (Å²) in [4.78, 5) is 12.7. The van der Waals surface area contributed by atoms with Gasteiger partial charge in [-0.2, -0.15) is 0 Å². The number of nitrogens with one attached hydrogen (secondary N) is 2. The lowest BCUT2D eigenvalue weighted by molar-refractivity contribution is 0.0977.